The Bertz CT molecular complexity index is 1460. The van der Waals surface area contributed by atoms with Crippen LogP contribution in [0.1, 0.15) is 36.0 Å². The first kappa shape index (κ1) is 25.5. The number of rotatable bonds is 5. The lowest BCUT2D eigenvalue weighted by Gasteiger charge is -2.40. The van der Waals surface area contributed by atoms with Gasteiger partial charge in [0.25, 0.3) is 5.89 Å². The van der Waals surface area contributed by atoms with Gasteiger partial charge in [0.1, 0.15) is 11.5 Å². The Morgan fingerprint density at radius 3 is 2.16 bits per heavy atom. The first-order chi connectivity index (χ1) is 17.8. The summed E-state index contributed by atoms with van der Waals surface area (Å²) in [6.07, 6.45) is 1.05. The van der Waals surface area contributed by atoms with E-state index in [1.807, 2.05) is 42.5 Å². The number of carbonyl (C=O) groups excluding carboxylic acids is 2. The maximum atomic E-state index is 13.5. The Kier molecular flexibility index (Phi) is 7.13. The summed E-state index contributed by atoms with van der Waals surface area (Å²) in [5.41, 5.74) is 2.15. The SMILES string of the molecule is CC(=O)C1(c2ccccc2)CCN(C(=O)c2nc(-c3ccc(Cl)cc3)c(-c3ccc(Cl)cc3Cl)o2)CC1. The average molecular weight is 554 g/mol. The molecule has 1 aliphatic rings. The number of benzene rings is 3. The third-order valence-electron chi connectivity index (χ3n) is 7.01. The van der Waals surface area contributed by atoms with Crippen LogP contribution in [0.2, 0.25) is 15.1 Å². The highest BCUT2D eigenvalue weighted by atomic mass is 35.5. The lowest BCUT2D eigenvalue weighted by atomic mass is 9.70. The Labute approximate surface area is 230 Å². The molecule has 188 valence electrons. The maximum Gasteiger partial charge on any atom is 0.309 e. The summed E-state index contributed by atoms with van der Waals surface area (Å²) >= 11 is 18.7. The normalized spacial score (nSPS) is 15.0. The summed E-state index contributed by atoms with van der Waals surface area (Å²) in [6, 6.07) is 21.9. The summed E-state index contributed by atoms with van der Waals surface area (Å²) in [5, 5.41) is 1.44. The van der Waals surface area contributed by atoms with E-state index in [9.17, 15) is 9.59 Å². The molecule has 0 saturated carbocycles. The van der Waals surface area contributed by atoms with Crippen molar-refractivity contribution in [2.24, 2.45) is 0 Å². The van der Waals surface area contributed by atoms with Gasteiger partial charge in [-0.15, -0.1) is 0 Å². The van der Waals surface area contributed by atoms with Crippen molar-refractivity contribution in [3.63, 3.8) is 0 Å². The van der Waals surface area contributed by atoms with E-state index in [1.54, 1.807) is 42.2 Å². The van der Waals surface area contributed by atoms with Crippen molar-refractivity contribution in [2.45, 2.75) is 25.2 Å². The molecule has 0 N–H and O–H groups in total. The van der Waals surface area contributed by atoms with Gasteiger partial charge < -0.3 is 9.32 Å². The molecule has 1 aliphatic heterocycles. The van der Waals surface area contributed by atoms with Gasteiger partial charge >= 0.3 is 5.91 Å². The number of nitrogens with zero attached hydrogens (tertiary/aromatic N) is 2. The minimum atomic E-state index is -0.606. The Balaban J connectivity index is 1.47. The topological polar surface area (TPSA) is 63.4 Å². The summed E-state index contributed by atoms with van der Waals surface area (Å²) in [5.74, 6) is 0.0936. The smallest absolute Gasteiger partial charge is 0.309 e. The Morgan fingerprint density at radius 2 is 1.54 bits per heavy atom. The fourth-order valence-corrected chi connectivity index (χ4v) is 5.52. The molecule has 0 unspecified atom stereocenters. The largest absolute Gasteiger partial charge is 0.432 e. The zero-order valence-corrected chi connectivity index (χ0v) is 22.3. The fourth-order valence-electron chi connectivity index (χ4n) is 4.90. The average Bonchev–Trinajstić information content (AvgIpc) is 3.34. The predicted molar refractivity (Wildman–Crippen MR) is 146 cm³/mol. The molecular formula is C29H23Cl3N2O3. The molecule has 1 aromatic heterocycles. The Hall–Kier alpha value is -3.12. The standard InChI is InChI=1S/C29H23Cl3N2O3/c1-18(35)29(20-5-3-2-4-6-20)13-15-34(16-14-29)28(36)27-33-25(19-7-9-21(30)10-8-19)26(37-27)23-12-11-22(31)17-24(23)32/h2-12,17H,13-16H2,1H3. The van der Waals surface area contributed by atoms with Crippen molar-refractivity contribution >= 4 is 46.5 Å². The molecule has 0 radical (unpaired) electrons. The number of ketones is 1. The van der Waals surface area contributed by atoms with Gasteiger partial charge in [-0.1, -0.05) is 77.3 Å². The van der Waals surface area contributed by atoms with Gasteiger partial charge in [-0.25, -0.2) is 4.98 Å². The molecule has 0 atom stereocenters. The molecule has 8 heteroatoms. The van der Waals surface area contributed by atoms with Gasteiger partial charge in [-0.3, -0.25) is 9.59 Å². The molecule has 5 rings (SSSR count). The van der Waals surface area contributed by atoms with Crippen LogP contribution in [0.15, 0.2) is 77.2 Å². The van der Waals surface area contributed by atoms with Crippen LogP contribution in [0.4, 0.5) is 0 Å². The van der Waals surface area contributed by atoms with E-state index in [0.717, 1.165) is 11.1 Å². The second-order valence-electron chi connectivity index (χ2n) is 9.12. The van der Waals surface area contributed by atoms with Crippen LogP contribution in [0.25, 0.3) is 22.6 Å². The van der Waals surface area contributed by atoms with E-state index < -0.39 is 5.41 Å². The summed E-state index contributed by atoms with van der Waals surface area (Å²) in [4.78, 5) is 32.6. The zero-order chi connectivity index (χ0) is 26.2. The van der Waals surface area contributed by atoms with E-state index in [0.29, 0.717) is 58.0 Å². The van der Waals surface area contributed by atoms with E-state index >= 15 is 0 Å². The number of Topliss-reactive ketones (excluding diaryl/α,β-unsaturated/α-hetero) is 1. The molecule has 0 aliphatic carbocycles. The van der Waals surface area contributed by atoms with E-state index in [-0.39, 0.29) is 17.6 Å². The van der Waals surface area contributed by atoms with Crippen molar-refractivity contribution < 1.29 is 14.0 Å². The van der Waals surface area contributed by atoms with Crippen molar-refractivity contribution in [3.05, 3.63) is 99.3 Å². The van der Waals surface area contributed by atoms with E-state index in [2.05, 4.69) is 4.98 Å². The quantitative estimate of drug-likeness (QED) is 0.254. The number of oxazole rings is 1. The van der Waals surface area contributed by atoms with Crippen LogP contribution >= 0.6 is 34.8 Å². The van der Waals surface area contributed by atoms with Crippen molar-refractivity contribution in [1.29, 1.82) is 0 Å². The third-order valence-corrected chi connectivity index (χ3v) is 7.81. The van der Waals surface area contributed by atoms with Gasteiger partial charge in [0, 0.05) is 34.3 Å². The van der Waals surface area contributed by atoms with Gasteiger partial charge in [-0.05, 0) is 55.7 Å². The highest BCUT2D eigenvalue weighted by Crippen LogP contribution is 2.40. The molecule has 1 saturated heterocycles. The molecule has 1 amide bonds. The highest BCUT2D eigenvalue weighted by molar-refractivity contribution is 6.36. The fraction of sp³-hybridized carbons (Fsp3) is 0.207. The highest BCUT2D eigenvalue weighted by Gasteiger charge is 2.42. The number of likely N-dealkylation sites (tertiary alicyclic amines) is 1. The molecule has 2 heterocycles. The van der Waals surface area contributed by atoms with E-state index in [1.165, 1.54) is 0 Å². The number of hydrogen-bond donors (Lipinski definition) is 0. The maximum absolute atomic E-state index is 13.5. The predicted octanol–water partition coefficient (Wildman–Crippen LogP) is 7.73. The second-order valence-corrected chi connectivity index (χ2v) is 10.4. The van der Waals surface area contributed by atoms with Crippen molar-refractivity contribution in [1.82, 2.24) is 9.88 Å². The van der Waals surface area contributed by atoms with Crippen molar-refractivity contribution in [2.75, 3.05) is 13.1 Å². The molecule has 1 fully saturated rings. The number of amides is 1. The van der Waals surface area contributed by atoms with Crippen LogP contribution < -0.4 is 0 Å². The molecule has 3 aromatic carbocycles. The monoisotopic (exact) mass is 552 g/mol. The number of hydrogen-bond acceptors (Lipinski definition) is 4. The minimum absolute atomic E-state index is 0.0407. The summed E-state index contributed by atoms with van der Waals surface area (Å²) in [7, 11) is 0. The lowest BCUT2D eigenvalue weighted by Crippen LogP contribution is -2.48. The molecule has 5 nitrogen and oxygen atoms in total. The number of carbonyl (C=O) groups is 2. The van der Waals surface area contributed by atoms with Crippen LogP contribution in [0.3, 0.4) is 0 Å². The van der Waals surface area contributed by atoms with Gasteiger partial charge in [0.05, 0.1) is 10.4 Å². The third kappa shape index (κ3) is 4.91. The molecule has 0 spiro atoms. The van der Waals surface area contributed by atoms with Crippen LogP contribution in [0.5, 0.6) is 0 Å². The second kappa shape index (κ2) is 10.3. The summed E-state index contributed by atoms with van der Waals surface area (Å²) < 4.78 is 6.08. The molecule has 37 heavy (non-hydrogen) atoms. The van der Waals surface area contributed by atoms with Gasteiger partial charge in [0.15, 0.2) is 5.76 Å². The molecule has 4 aromatic rings. The van der Waals surface area contributed by atoms with Gasteiger partial charge in [0.2, 0.25) is 0 Å². The first-order valence-electron chi connectivity index (χ1n) is 11.9. The number of piperidine rings is 1. The van der Waals surface area contributed by atoms with Gasteiger partial charge in [-0.2, -0.15) is 0 Å². The van der Waals surface area contributed by atoms with Crippen LogP contribution in [0, 0.1) is 0 Å². The summed E-state index contributed by atoms with van der Waals surface area (Å²) in [6.45, 7) is 2.44. The minimum Gasteiger partial charge on any atom is -0.432 e. The van der Waals surface area contributed by atoms with E-state index in [4.69, 9.17) is 39.2 Å². The first-order valence-corrected chi connectivity index (χ1v) is 13.0. The zero-order valence-electron chi connectivity index (χ0n) is 20.0. The van der Waals surface area contributed by atoms with Crippen LogP contribution in [-0.2, 0) is 10.2 Å². The van der Waals surface area contributed by atoms with Crippen LogP contribution in [-0.4, -0.2) is 34.7 Å². The Morgan fingerprint density at radius 1 is 0.892 bits per heavy atom. The lowest BCUT2D eigenvalue weighted by molar-refractivity contribution is -0.124. The van der Waals surface area contributed by atoms with Crippen molar-refractivity contribution in [3.8, 4) is 22.6 Å². The molecule has 0 bridgehead atoms. The number of aromatic nitrogens is 1. The molecular weight excluding hydrogens is 531 g/mol. The number of halogens is 3.